The van der Waals surface area contributed by atoms with E-state index in [1.165, 1.54) is 0 Å². The molecule has 0 aliphatic rings. The van der Waals surface area contributed by atoms with Gasteiger partial charge in [-0.1, -0.05) is 30.6 Å². The Balaban J connectivity index is 2.63. The molecule has 0 radical (unpaired) electrons. The summed E-state index contributed by atoms with van der Waals surface area (Å²) in [5, 5.41) is 4.47. The third-order valence-electron chi connectivity index (χ3n) is 3.28. The lowest BCUT2D eigenvalue weighted by Gasteiger charge is -2.17. The molecule has 4 nitrogen and oxygen atoms in total. The number of hydrogen-bond acceptors (Lipinski definition) is 4. The zero-order valence-corrected chi connectivity index (χ0v) is 19.6. The molecule has 0 unspecified atom stereocenters. The molecule has 7 heteroatoms. The summed E-state index contributed by atoms with van der Waals surface area (Å²) in [4.78, 5) is 5.18. The Morgan fingerprint density at radius 2 is 1.85 bits per heavy atom. The minimum absolute atomic E-state index is 0.273. The Bertz CT molecular complexity index is 625. The smallest absolute Gasteiger partial charge is 0.141 e. The highest BCUT2D eigenvalue weighted by molar-refractivity contribution is 9.28. The van der Waals surface area contributed by atoms with Gasteiger partial charge in [-0.2, -0.15) is 0 Å². The molecule has 1 aromatic carbocycles. The maximum absolute atomic E-state index is 6.44. The minimum atomic E-state index is 0.273. The molecule has 0 heterocycles. The first-order chi connectivity index (χ1) is 12.3. The van der Waals surface area contributed by atoms with Crippen molar-refractivity contribution in [1.29, 1.82) is 0 Å². The topological polar surface area (TPSA) is 40.0 Å². The fraction of sp³-hybridized carbons (Fsp3) is 0.526. The van der Waals surface area contributed by atoms with Crippen molar-refractivity contribution in [2.24, 2.45) is 5.16 Å². The van der Waals surface area contributed by atoms with Crippen molar-refractivity contribution in [2.45, 2.75) is 46.5 Å². The molecular formula is C19H26Br2ClNO3. The number of rotatable bonds is 11. The minimum Gasteiger partial charge on any atom is -0.492 e. The highest BCUT2D eigenvalue weighted by Crippen LogP contribution is 2.37. The van der Waals surface area contributed by atoms with Crippen molar-refractivity contribution in [2.75, 3.05) is 19.8 Å². The van der Waals surface area contributed by atoms with E-state index in [1.54, 1.807) is 6.07 Å². The largest absolute Gasteiger partial charge is 0.492 e. The van der Waals surface area contributed by atoms with Gasteiger partial charge in [0.15, 0.2) is 0 Å². The van der Waals surface area contributed by atoms with E-state index in [2.05, 4.69) is 50.9 Å². The van der Waals surface area contributed by atoms with Crippen LogP contribution in [0.25, 0.3) is 0 Å². The number of oxime groups is 1. The summed E-state index contributed by atoms with van der Waals surface area (Å²) in [6.45, 7) is 9.63. The first kappa shape index (κ1) is 23.3. The standard InChI is InChI=1S/C19H26Br2ClNO3/c1-13(2)16-11-15(24-10-7-18(20)21)12-17(22)19(16)25-8-5-6-9-26-23-14(3)4/h7,11-13H,5-6,8-10H2,1-4H3. The number of ether oxygens (including phenoxy) is 2. The van der Waals surface area contributed by atoms with Crippen LogP contribution in [0.15, 0.2) is 26.8 Å². The molecule has 0 N–H and O–H groups in total. The van der Waals surface area contributed by atoms with Crippen LogP contribution in [0.1, 0.15) is 52.0 Å². The average Bonchev–Trinajstić information content (AvgIpc) is 2.54. The van der Waals surface area contributed by atoms with E-state index in [-0.39, 0.29) is 5.92 Å². The van der Waals surface area contributed by atoms with Crippen LogP contribution in [0.3, 0.4) is 0 Å². The summed E-state index contributed by atoms with van der Waals surface area (Å²) in [6, 6.07) is 3.78. The molecule has 0 saturated carbocycles. The number of halogens is 3. The Morgan fingerprint density at radius 1 is 1.15 bits per heavy atom. The SMILES string of the molecule is CC(C)=NOCCCCOc1c(Cl)cc(OCC=C(Br)Br)cc1C(C)C. The zero-order valence-electron chi connectivity index (χ0n) is 15.7. The van der Waals surface area contributed by atoms with Gasteiger partial charge in [-0.05, 0) is 76.6 Å². The van der Waals surface area contributed by atoms with Crippen molar-refractivity contribution in [1.82, 2.24) is 0 Å². The maximum Gasteiger partial charge on any atom is 0.141 e. The molecule has 0 aromatic heterocycles. The maximum atomic E-state index is 6.44. The fourth-order valence-electron chi connectivity index (χ4n) is 2.07. The van der Waals surface area contributed by atoms with Gasteiger partial charge in [0, 0.05) is 11.6 Å². The molecule has 1 aromatic rings. The molecule has 0 spiro atoms. The number of nitrogens with zero attached hydrogens (tertiary/aromatic N) is 1. The first-order valence-corrected chi connectivity index (χ1v) is 10.5. The second-order valence-electron chi connectivity index (χ2n) is 6.21. The van der Waals surface area contributed by atoms with Crippen LogP contribution < -0.4 is 9.47 Å². The highest BCUT2D eigenvalue weighted by atomic mass is 79.9. The second kappa shape index (κ2) is 12.6. The molecule has 0 atom stereocenters. The molecule has 0 amide bonds. The number of hydrogen-bond donors (Lipinski definition) is 0. The van der Waals surface area contributed by atoms with E-state index in [9.17, 15) is 0 Å². The van der Waals surface area contributed by atoms with Crippen molar-refractivity contribution in [3.8, 4) is 11.5 Å². The monoisotopic (exact) mass is 509 g/mol. The summed E-state index contributed by atoms with van der Waals surface area (Å²) in [7, 11) is 0. The van der Waals surface area contributed by atoms with Crippen LogP contribution in [0, 0.1) is 0 Å². The third kappa shape index (κ3) is 9.28. The Kier molecular flexibility index (Phi) is 11.3. The van der Waals surface area contributed by atoms with E-state index >= 15 is 0 Å². The van der Waals surface area contributed by atoms with Crippen LogP contribution in [0.4, 0.5) is 0 Å². The lowest BCUT2D eigenvalue weighted by Crippen LogP contribution is -2.04. The normalized spacial score (nSPS) is 10.5. The molecule has 1 rings (SSSR count). The van der Waals surface area contributed by atoms with E-state index in [0.717, 1.165) is 39.0 Å². The lowest BCUT2D eigenvalue weighted by molar-refractivity contribution is 0.135. The summed E-state index contributed by atoms with van der Waals surface area (Å²) in [6.07, 6.45) is 3.62. The molecule has 146 valence electrons. The lowest BCUT2D eigenvalue weighted by atomic mass is 10.0. The molecule has 0 aliphatic carbocycles. The molecule has 0 bridgehead atoms. The fourth-order valence-corrected chi connectivity index (χ4v) is 2.61. The van der Waals surface area contributed by atoms with Crippen molar-refractivity contribution < 1.29 is 14.3 Å². The number of benzene rings is 1. The van der Waals surface area contributed by atoms with Crippen LogP contribution in [-0.2, 0) is 4.84 Å². The Morgan fingerprint density at radius 3 is 2.46 bits per heavy atom. The Labute approximate surface area is 178 Å². The van der Waals surface area contributed by atoms with Gasteiger partial charge in [0.05, 0.1) is 20.7 Å². The van der Waals surface area contributed by atoms with Crippen LogP contribution >= 0.6 is 43.5 Å². The van der Waals surface area contributed by atoms with Gasteiger partial charge >= 0.3 is 0 Å². The number of unbranched alkanes of at least 4 members (excludes halogenated alkanes) is 1. The van der Waals surface area contributed by atoms with E-state index in [4.69, 9.17) is 25.9 Å². The highest BCUT2D eigenvalue weighted by Gasteiger charge is 2.15. The van der Waals surface area contributed by atoms with Crippen molar-refractivity contribution in [3.05, 3.63) is 32.2 Å². The van der Waals surface area contributed by atoms with Crippen LogP contribution in [-0.4, -0.2) is 25.5 Å². The Hall–Kier alpha value is -0.720. The van der Waals surface area contributed by atoms with E-state index in [0.29, 0.717) is 24.8 Å². The predicted octanol–water partition coefficient (Wildman–Crippen LogP) is 7.04. The second-order valence-corrected chi connectivity index (χ2v) is 9.39. The quantitative estimate of drug-likeness (QED) is 0.182. The summed E-state index contributed by atoms with van der Waals surface area (Å²) in [5.74, 6) is 1.73. The molecule has 26 heavy (non-hydrogen) atoms. The summed E-state index contributed by atoms with van der Waals surface area (Å²) < 4.78 is 12.5. The third-order valence-corrected chi connectivity index (χ3v) is 4.21. The summed E-state index contributed by atoms with van der Waals surface area (Å²) in [5.41, 5.74) is 1.95. The van der Waals surface area contributed by atoms with Crippen LogP contribution in [0.5, 0.6) is 11.5 Å². The molecule has 0 fully saturated rings. The van der Waals surface area contributed by atoms with Gasteiger partial charge in [0.1, 0.15) is 24.7 Å². The molecular weight excluding hydrogens is 485 g/mol. The molecule has 0 saturated heterocycles. The first-order valence-electron chi connectivity index (χ1n) is 8.54. The van der Waals surface area contributed by atoms with Gasteiger partial charge in [0.2, 0.25) is 0 Å². The zero-order chi connectivity index (χ0) is 19.5. The van der Waals surface area contributed by atoms with Gasteiger partial charge < -0.3 is 14.3 Å². The average molecular weight is 512 g/mol. The summed E-state index contributed by atoms with van der Waals surface area (Å²) >= 11 is 13.0. The van der Waals surface area contributed by atoms with Crippen molar-refractivity contribution >= 4 is 49.2 Å². The van der Waals surface area contributed by atoms with Crippen molar-refractivity contribution in [3.63, 3.8) is 0 Å². The van der Waals surface area contributed by atoms with E-state index in [1.807, 2.05) is 26.0 Å². The van der Waals surface area contributed by atoms with Gasteiger partial charge in [-0.25, -0.2) is 0 Å². The van der Waals surface area contributed by atoms with Gasteiger partial charge in [0.25, 0.3) is 0 Å². The van der Waals surface area contributed by atoms with Crippen LogP contribution in [0.2, 0.25) is 5.02 Å². The molecule has 0 aliphatic heterocycles. The van der Waals surface area contributed by atoms with Gasteiger partial charge in [-0.3, -0.25) is 0 Å². The predicted molar refractivity (Wildman–Crippen MR) is 116 cm³/mol. The van der Waals surface area contributed by atoms with Gasteiger partial charge in [-0.15, -0.1) is 0 Å². The van der Waals surface area contributed by atoms with E-state index < -0.39 is 0 Å².